The molecule has 1 rings (SSSR count). The van der Waals surface area contributed by atoms with Crippen molar-refractivity contribution in [2.24, 2.45) is 0 Å². The molecule has 5 nitrogen and oxygen atoms in total. The van der Waals surface area contributed by atoms with Gasteiger partial charge in [-0.25, -0.2) is 4.79 Å². The summed E-state index contributed by atoms with van der Waals surface area (Å²) in [6.07, 6.45) is 1.38. The van der Waals surface area contributed by atoms with Gasteiger partial charge in [0.15, 0.2) is 0 Å². The molecule has 0 aliphatic rings. The molecule has 0 spiro atoms. The molecule has 1 aromatic heterocycles. The maximum Gasteiger partial charge on any atom is 0.352 e. The minimum atomic E-state index is -1.13. The van der Waals surface area contributed by atoms with Crippen LogP contribution in [0.4, 0.5) is 0 Å². The van der Waals surface area contributed by atoms with Crippen LogP contribution in [0.2, 0.25) is 5.02 Å². The molecule has 1 heterocycles. The van der Waals surface area contributed by atoms with Crippen molar-refractivity contribution >= 4 is 23.5 Å². The number of hydrogen-bond donors (Lipinski definition) is 1. The molecule has 1 aromatic rings. The first-order valence-corrected chi connectivity index (χ1v) is 4.67. The van der Waals surface area contributed by atoms with Gasteiger partial charge in [0, 0.05) is 6.20 Å². The van der Waals surface area contributed by atoms with Crippen molar-refractivity contribution < 1.29 is 19.4 Å². The topological polar surface area (TPSA) is 68.5 Å². The zero-order valence-corrected chi connectivity index (χ0v) is 8.82. The Hall–Kier alpha value is -1.49. The number of esters is 1. The molecule has 1 N–H and O–H groups in total. The fourth-order valence-electron chi connectivity index (χ4n) is 1.13. The molecule has 0 fully saturated rings. The van der Waals surface area contributed by atoms with Crippen molar-refractivity contribution in [3.8, 4) is 0 Å². The minimum Gasteiger partial charge on any atom is -0.477 e. The second-order valence-corrected chi connectivity index (χ2v) is 3.22. The van der Waals surface area contributed by atoms with Gasteiger partial charge in [0.05, 0.1) is 11.6 Å². The van der Waals surface area contributed by atoms with Crippen LogP contribution in [-0.2, 0) is 16.1 Å². The fraction of sp³-hybridized carbons (Fsp3) is 0.333. The van der Waals surface area contributed by atoms with Crippen molar-refractivity contribution in [3.63, 3.8) is 0 Å². The molecular weight excluding hydrogens is 222 g/mol. The lowest BCUT2D eigenvalue weighted by Gasteiger charge is -2.04. The Kier molecular flexibility index (Phi) is 3.74. The number of carboxylic acid groups (broad SMARTS) is 1. The summed E-state index contributed by atoms with van der Waals surface area (Å²) in [6.45, 7) is 1.79. The van der Waals surface area contributed by atoms with Gasteiger partial charge in [0.25, 0.3) is 0 Å². The van der Waals surface area contributed by atoms with E-state index in [1.807, 2.05) is 0 Å². The highest BCUT2D eigenvalue weighted by atomic mass is 35.5. The molecule has 0 radical (unpaired) electrons. The number of carbonyl (C=O) groups is 2. The van der Waals surface area contributed by atoms with Crippen molar-refractivity contribution in [3.05, 3.63) is 23.0 Å². The predicted octanol–water partition coefficient (Wildman–Crippen LogP) is 1.40. The van der Waals surface area contributed by atoms with E-state index in [9.17, 15) is 9.59 Å². The first-order valence-electron chi connectivity index (χ1n) is 4.29. The van der Waals surface area contributed by atoms with Crippen molar-refractivity contribution in [2.45, 2.75) is 13.5 Å². The van der Waals surface area contributed by atoms with Gasteiger partial charge in [-0.2, -0.15) is 0 Å². The summed E-state index contributed by atoms with van der Waals surface area (Å²) >= 11 is 5.63. The normalized spacial score (nSPS) is 10.0. The molecule has 0 bridgehead atoms. The van der Waals surface area contributed by atoms with E-state index in [-0.39, 0.29) is 23.9 Å². The van der Waals surface area contributed by atoms with Gasteiger partial charge in [-0.3, -0.25) is 4.79 Å². The van der Waals surface area contributed by atoms with Crippen LogP contribution in [0.1, 0.15) is 17.4 Å². The summed E-state index contributed by atoms with van der Waals surface area (Å²) in [6, 6.07) is 1.28. The highest BCUT2D eigenvalue weighted by molar-refractivity contribution is 6.30. The average Bonchev–Trinajstić information content (AvgIpc) is 2.47. The second-order valence-electron chi connectivity index (χ2n) is 2.78. The Morgan fingerprint density at radius 1 is 1.60 bits per heavy atom. The lowest BCUT2D eigenvalue weighted by atomic mass is 10.4. The van der Waals surface area contributed by atoms with Gasteiger partial charge in [-0.1, -0.05) is 11.6 Å². The fourth-order valence-corrected chi connectivity index (χ4v) is 1.35. The highest BCUT2D eigenvalue weighted by Gasteiger charge is 2.14. The van der Waals surface area contributed by atoms with E-state index in [1.54, 1.807) is 6.92 Å². The number of aromatic carboxylic acids is 1. The molecule has 82 valence electrons. The van der Waals surface area contributed by atoms with Crippen LogP contribution in [0.15, 0.2) is 12.3 Å². The van der Waals surface area contributed by atoms with E-state index in [4.69, 9.17) is 21.4 Å². The maximum absolute atomic E-state index is 11.1. The van der Waals surface area contributed by atoms with E-state index >= 15 is 0 Å². The van der Waals surface area contributed by atoms with E-state index < -0.39 is 11.9 Å². The number of rotatable bonds is 4. The monoisotopic (exact) mass is 231 g/mol. The Balaban J connectivity index is 2.84. The molecule has 0 aromatic carbocycles. The lowest BCUT2D eigenvalue weighted by Crippen LogP contribution is -2.16. The first kappa shape index (κ1) is 11.6. The SMILES string of the molecule is CCOC(=O)Cn1cc(Cl)cc1C(=O)O. The van der Waals surface area contributed by atoms with Crippen LogP contribution >= 0.6 is 11.6 Å². The Morgan fingerprint density at radius 2 is 2.27 bits per heavy atom. The minimum absolute atomic E-state index is 0.0342. The molecule has 6 heteroatoms. The highest BCUT2D eigenvalue weighted by Crippen LogP contribution is 2.14. The first-order chi connectivity index (χ1) is 7.04. The van der Waals surface area contributed by atoms with Gasteiger partial charge in [0.1, 0.15) is 12.2 Å². The molecule has 0 aliphatic heterocycles. The number of aromatic nitrogens is 1. The molecule has 0 aliphatic carbocycles. The largest absolute Gasteiger partial charge is 0.477 e. The van der Waals surface area contributed by atoms with Crippen LogP contribution in [0, 0.1) is 0 Å². The summed E-state index contributed by atoms with van der Waals surface area (Å²) < 4.78 is 5.93. The average molecular weight is 232 g/mol. The number of carbonyl (C=O) groups excluding carboxylic acids is 1. The molecule has 0 saturated heterocycles. The number of hydrogen-bond acceptors (Lipinski definition) is 3. The lowest BCUT2D eigenvalue weighted by molar-refractivity contribution is -0.143. The number of ether oxygens (including phenoxy) is 1. The van der Waals surface area contributed by atoms with Crippen LogP contribution in [0.3, 0.4) is 0 Å². The third-order valence-electron chi connectivity index (χ3n) is 1.69. The third-order valence-corrected chi connectivity index (χ3v) is 1.89. The summed E-state index contributed by atoms with van der Waals surface area (Å²) in [7, 11) is 0. The standard InChI is InChI=1S/C9H10ClNO4/c1-2-15-8(12)5-11-4-6(10)3-7(11)9(13)14/h3-4H,2,5H2,1H3,(H,13,14). The van der Waals surface area contributed by atoms with Crippen molar-refractivity contribution in [1.29, 1.82) is 0 Å². The molecule has 0 atom stereocenters. The number of carboxylic acids is 1. The van der Waals surface area contributed by atoms with Gasteiger partial charge in [0.2, 0.25) is 0 Å². The maximum atomic E-state index is 11.1. The summed E-state index contributed by atoms with van der Waals surface area (Å²) in [5, 5.41) is 9.06. The number of nitrogens with zero attached hydrogens (tertiary/aromatic N) is 1. The predicted molar refractivity (Wildman–Crippen MR) is 53.0 cm³/mol. The van der Waals surface area contributed by atoms with Crippen LogP contribution in [0.25, 0.3) is 0 Å². The van der Waals surface area contributed by atoms with E-state index in [0.29, 0.717) is 0 Å². The molecular formula is C9H10ClNO4. The second kappa shape index (κ2) is 4.84. The van der Waals surface area contributed by atoms with E-state index in [0.717, 1.165) is 0 Å². The number of halogens is 1. The van der Waals surface area contributed by atoms with Gasteiger partial charge >= 0.3 is 11.9 Å². The van der Waals surface area contributed by atoms with E-state index in [2.05, 4.69) is 0 Å². The molecule has 0 amide bonds. The molecule has 15 heavy (non-hydrogen) atoms. The zero-order chi connectivity index (χ0) is 11.4. The zero-order valence-electron chi connectivity index (χ0n) is 8.07. The van der Waals surface area contributed by atoms with Crippen molar-refractivity contribution in [1.82, 2.24) is 4.57 Å². The Bertz CT molecular complexity index is 385. The quantitative estimate of drug-likeness (QED) is 0.796. The molecule has 0 saturated carbocycles. The summed E-state index contributed by atoms with van der Waals surface area (Å²) in [4.78, 5) is 21.9. The summed E-state index contributed by atoms with van der Waals surface area (Å²) in [5.41, 5.74) is -0.0342. The van der Waals surface area contributed by atoms with Gasteiger partial charge < -0.3 is 14.4 Å². The van der Waals surface area contributed by atoms with Crippen molar-refractivity contribution in [2.75, 3.05) is 6.61 Å². The third kappa shape index (κ3) is 2.99. The summed E-state index contributed by atoms with van der Waals surface area (Å²) in [5.74, 6) is -1.63. The van der Waals surface area contributed by atoms with Gasteiger partial charge in [-0.15, -0.1) is 0 Å². The Labute approximate surface area is 91.2 Å². The van der Waals surface area contributed by atoms with E-state index in [1.165, 1.54) is 16.8 Å². The molecule has 0 unspecified atom stereocenters. The van der Waals surface area contributed by atoms with Crippen LogP contribution in [0.5, 0.6) is 0 Å². The van der Waals surface area contributed by atoms with Gasteiger partial charge in [-0.05, 0) is 13.0 Å². The van der Waals surface area contributed by atoms with Crippen LogP contribution in [-0.4, -0.2) is 28.2 Å². The van der Waals surface area contributed by atoms with Crippen LogP contribution < -0.4 is 0 Å². The smallest absolute Gasteiger partial charge is 0.352 e. The Morgan fingerprint density at radius 3 is 2.80 bits per heavy atom.